The van der Waals surface area contributed by atoms with E-state index in [4.69, 9.17) is 5.73 Å². The number of nitrogens with one attached hydrogen (secondary N) is 1. The second kappa shape index (κ2) is 7.33. The number of amides is 1. The maximum absolute atomic E-state index is 11.7. The van der Waals surface area contributed by atoms with Gasteiger partial charge in [0.1, 0.15) is 0 Å². The molecule has 1 aromatic carbocycles. The number of rotatable bonds is 7. The number of nitrogen functional groups attached to an aromatic ring is 1. The first kappa shape index (κ1) is 14.1. The van der Waals surface area contributed by atoms with E-state index in [9.17, 15) is 4.79 Å². The highest BCUT2D eigenvalue weighted by atomic mass is 16.1. The Labute approximate surface area is 118 Å². The molecule has 2 aromatic rings. The zero-order valence-corrected chi connectivity index (χ0v) is 11.5. The fourth-order valence-electron chi connectivity index (χ4n) is 2.00. The minimum atomic E-state index is 0.0767. The van der Waals surface area contributed by atoms with Gasteiger partial charge in [0.25, 0.3) is 0 Å². The smallest absolute Gasteiger partial charge is 0.220 e. The van der Waals surface area contributed by atoms with Gasteiger partial charge in [-0.05, 0) is 36.6 Å². The van der Waals surface area contributed by atoms with E-state index in [1.807, 2.05) is 41.2 Å². The molecule has 0 aliphatic rings. The van der Waals surface area contributed by atoms with E-state index in [0.29, 0.717) is 13.0 Å². The molecule has 0 atom stereocenters. The molecule has 5 heteroatoms. The topological polar surface area (TPSA) is 72.9 Å². The minimum absolute atomic E-state index is 0.0767. The molecule has 20 heavy (non-hydrogen) atoms. The van der Waals surface area contributed by atoms with Crippen molar-refractivity contribution in [2.75, 3.05) is 12.3 Å². The first-order valence-electron chi connectivity index (χ1n) is 6.82. The van der Waals surface area contributed by atoms with Crippen LogP contribution in [0, 0.1) is 0 Å². The number of carbonyl (C=O) groups is 1. The standard InChI is InChI=1S/C15H20N4O/c16-14-5-1-4-13(12-14)6-7-15(20)17-8-2-10-19-11-3-9-18-19/h1,3-5,9,11-12H,2,6-8,10,16H2,(H,17,20). The van der Waals surface area contributed by atoms with E-state index in [2.05, 4.69) is 10.4 Å². The van der Waals surface area contributed by atoms with Crippen LogP contribution in [0.1, 0.15) is 18.4 Å². The number of nitrogens with zero attached hydrogens (tertiary/aromatic N) is 2. The van der Waals surface area contributed by atoms with Gasteiger partial charge in [0.15, 0.2) is 0 Å². The predicted octanol–water partition coefficient (Wildman–Crippen LogP) is 1.60. The van der Waals surface area contributed by atoms with Crippen molar-refractivity contribution in [2.45, 2.75) is 25.8 Å². The Balaban J connectivity index is 1.61. The van der Waals surface area contributed by atoms with Crippen molar-refractivity contribution in [3.05, 3.63) is 48.3 Å². The zero-order chi connectivity index (χ0) is 14.2. The van der Waals surface area contributed by atoms with Gasteiger partial charge in [-0.25, -0.2) is 0 Å². The molecule has 0 saturated heterocycles. The molecule has 3 N–H and O–H groups in total. The molecule has 5 nitrogen and oxygen atoms in total. The van der Waals surface area contributed by atoms with Crippen molar-refractivity contribution in [1.82, 2.24) is 15.1 Å². The Kier molecular flexibility index (Phi) is 5.17. The molecule has 0 radical (unpaired) electrons. The number of hydrogen-bond donors (Lipinski definition) is 2. The van der Waals surface area contributed by atoms with E-state index >= 15 is 0 Å². The largest absolute Gasteiger partial charge is 0.399 e. The molecule has 0 saturated carbocycles. The van der Waals surface area contributed by atoms with Crippen molar-refractivity contribution in [1.29, 1.82) is 0 Å². The van der Waals surface area contributed by atoms with Crippen LogP contribution >= 0.6 is 0 Å². The highest BCUT2D eigenvalue weighted by Gasteiger charge is 2.02. The summed E-state index contributed by atoms with van der Waals surface area (Å²) in [5, 5.41) is 7.03. The van der Waals surface area contributed by atoms with Crippen LogP contribution in [0.15, 0.2) is 42.7 Å². The zero-order valence-electron chi connectivity index (χ0n) is 11.5. The minimum Gasteiger partial charge on any atom is -0.399 e. The van der Waals surface area contributed by atoms with E-state index in [1.54, 1.807) is 6.20 Å². The van der Waals surface area contributed by atoms with Crippen LogP contribution < -0.4 is 11.1 Å². The van der Waals surface area contributed by atoms with Crippen molar-refractivity contribution in [3.8, 4) is 0 Å². The molecular weight excluding hydrogens is 252 g/mol. The summed E-state index contributed by atoms with van der Waals surface area (Å²) in [7, 11) is 0. The third-order valence-corrected chi connectivity index (χ3v) is 3.04. The number of benzene rings is 1. The van der Waals surface area contributed by atoms with Crippen LogP contribution in [0.4, 0.5) is 5.69 Å². The molecule has 1 aromatic heterocycles. The van der Waals surface area contributed by atoms with Crippen LogP contribution in [0.3, 0.4) is 0 Å². The van der Waals surface area contributed by atoms with Gasteiger partial charge in [0, 0.05) is 37.6 Å². The maximum atomic E-state index is 11.7. The molecule has 106 valence electrons. The lowest BCUT2D eigenvalue weighted by Gasteiger charge is -2.06. The van der Waals surface area contributed by atoms with Gasteiger partial charge >= 0.3 is 0 Å². The highest BCUT2D eigenvalue weighted by Crippen LogP contribution is 2.08. The molecule has 1 heterocycles. The summed E-state index contributed by atoms with van der Waals surface area (Å²) >= 11 is 0. The SMILES string of the molecule is Nc1cccc(CCC(=O)NCCCn2cccn2)c1. The van der Waals surface area contributed by atoms with Crippen molar-refractivity contribution < 1.29 is 4.79 Å². The number of hydrogen-bond acceptors (Lipinski definition) is 3. The Hall–Kier alpha value is -2.30. The summed E-state index contributed by atoms with van der Waals surface area (Å²) in [6.07, 6.45) is 5.76. The predicted molar refractivity (Wildman–Crippen MR) is 79.0 cm³/mol. The lowest BCUT2D eigenvalue weighted by Crippen LogP contribution is -2.25. The molecule has 0 fully saturated rings. The van der Waals surface area contributed by atoms with Crippen LogP contribution in [0.5, 0.6) is 0 Å². The van der Waals surface area contributed by atoms with Gasteiger partial charge in [-0.2, -0.15) is 5.10 Å². The van der Waals surface area contributed by atoms with Gasteiger partial charge in [0.05, 0.1) is 0 Å². The Morgan fingerprint density at radius 3 is 3.00 bits per heavy atom. The second-order valence-electron chi connectivity index (χ2n) is 4.72. The monoisotopic (exact) mass is 272 g/mol. The number of nitrogens with two attached hydrogens (primary N) is 1. The Morgan fingerprint density at radius 1 is 1.35 bits per heavy atom. The third kappa shape index (κ3) is 4.76. The lowest BCUT2D eigenvalue weighted by molar-refractivity contribution is -0.121. The van der Waals surface area contributed by atoms with E-state index < -0.39 is 0 Å². The van der Waals surface area contributed by atoms with Gasteiger partial charge in [0.2, 0.25) is 5.91 Å². The fraction of sp³-hybridized carbons (Fsp3) is 0.333. The number of anilines is 1. The molecule has 1 amide bonds. The summed E-state index contributed by atoms with van der Waals surface area (Å²) in [5.74, 6) is 0.0767. The molecule has 0 aliphatic heterocycles. The summed E-state index contributed by atoms with van der Waals surface area (Å²) in [5.41, 5.74) is 7.53. The van der Waals surface area contributed by atoms with Crippen molar-refractivity contribution in [3.63, 3.8) is 0 Å². The van der Waals surface area contributed by atoms with Crippen LogP contribution in [-0.4, -0.2) is 22.2 Å². The van der Waals surface area contributed by atoms with E-state index in [-0.39, 0.29) is 5.91 Å². The van der Waals surface area contributed by atoms with Gasteiger partial charge in [-0.15, -0.1) is 0 Å². The molecule has 2 rings (SSSR count). The summed E-state index contributed by atoms with van der Waals surface area (Å²) in [6, 6.07) is 9.54. The number of carbonyl (C=O) groups excluding carboxylic acids is 1. The van der Waals surface area contributed by atoms with Crippen molar-refractivity contribution in [2.24, 2.45) is 0 Å². The van der Waals surface area contributed by atoms with Crippen LogP contribution in [-0.2, 0) is 17.8 Å². The normalized spacial score (nSPS) is 10.4. The Morgan fingerprint density at radius 2 is 2.25 bits per heavy atom. The van der Waals surface area contributed by atoms with Crippen LogP contribution in [0.2, 0.25) is 0 Å². The first-order valence-corrected chi connectivity index (χ1v) is 6.82. The van der Waals surface area contributed by atoms with Crippen molar-refractivity contribution >= 4 is 11.6 Å². The van der Waals surface area contributed by atoms with Gasteiger partial charge in [-0.1, -0.05) is 12.1 Å². The number of aromatic nitrogens is 2. The summed E-state index contributed by atoms with van der Waals surface area (Å²) in [6.45, 7) is 1.50. The van der Waals surface area contributed by atoms with E-state index in [0.717, 1.165) is 30.6 Å². The summed E-state index contributed by atoms with van der Waals surface area (Å²) < 4.78 is 1.86. The van der Waals surface area contributed by atoms with E-state index in [1.165, 1.54) is 0 Å². The van der Waals surface area contributed by atoms with Gasteiger partial charge < -0.3 is 11.1 Å². The van der Waals surface area contributed by atoms with Gasteiger partial charge in [-0.3, -0.25) is 9.48 Å². The number of aryl methyl sites for hydroxylation is 2. The lowest BCUT2D eigenvalue weighted by atomic mass is 10.1. The molecule has 0 bridgehead atoms. The molecular formula is C15H20N4O. The molecule has 0 aliphatic carbocycles. The maximum Gasteiger partial charge on any atom is 0.220 e. The Bertz CT molecular complexity index is 537. The second-order valence-corrected chi connectivity index (χ2v) is 4.72. The molecule has 0 unspecified atom stereocenters. The quantitative estimate of drug-likeness (QED) is 0.594. The first-order chi connectivity index (χ1) is 9.74. The third-order valence-electron chi connectivity index (χ3n) is 3.04. The average molecular weight is 272 g/mol. The van der Waals surface area contributed by atoms with Crippen LogP contribution in [0.25, 0.3) is 0 Å². The summed E-state index contributed by atoms with van der Waals surface area (Å²) in [4.78, 5) is 11.7. The highest BCUT2D eigenvalue weighted by molar-refractivity contribution is 5.76. The molecule has 0 spiro atoms. The average Bonchev–Trinajstić information content (AvgIpc) is 2.95. The fourth-order valence-corrected chi connectivity index (χ4v) is 2.00.